The molecule has 0 bridgehead atoms. The van der Waals surface area contributed by atoms with Crippen molar-refractivity contribution in [3.8, 4) is 0 Å². The molecule has 0 aromatic heterocycles. The minimum Gasteiger partial charge on any atom is -0.748 e. The van der Waals surface area contributed by atoms with E-state index < -0.39 is 15.4 Å². The van der Waals surface area contributed by atoms with Gasteiger partial charge in [-0.1, -0.05) is 32.1 Å². The third-order valence-electron chi connectivity index (χ3n) is 2.51. The van der Waals surface area contributed by atoms with Gasteiger partial charge >= 0.3 is 51.4 Å². The normalized spacial score (nSPS) is 13.2. The average Bonchev–Trinajstić information content (AvgIpc) is 2.14. The average molecular weight is 276 g/mol. The Morgan fingerprint density at radius 1 is 1.06 bits per heavy atom. The van der Waals surface area contributed by atoms with Crippen molar-refractivity contribution in [2.45, 2.75) is 57.1 Å². The Morgan fingerprint density at radius 2 is 1.50 bits per heavy atom. The molecule has 0 amide bonds. The van der Waals surface area contributed by atoms with E-state index in [9.17, 15) is 13.0 Å². The number of hydrogen-bond acceptors (Lipinski definition) is 4. The Hall–Kier alpha value is 1.51. The molecule has 0 aliphatic carbocycles. The van der Waals surface area contributed by atoms with Crippen LogP contribution in [-0.4, -0.2) is 29.9 Å². The van der Waals surface area contributed by atoms with Crippen LogP contribution in [-0.2, 0) is 10.1 Å². The second-order valence-corrected chi connectivity index (χ2v) is 5.73. The maximum atomic E-state index is 10.6. The van der Waals surface area contributed by atoms with Crippen molar-refractivity contribution in [3.63, 3.8) is 0 Å². The Morgan fingerprint density at radius 3 is 1.94 bits per heavy atom. The smallest absolute Gasteiger partial charge is 0.748 e. The zero-order valence-corrected chi connectivity index (χ0v) is 14.3. The third-order valence-corrected chi connectivity index (χ3v) is 3.73. The first-order valence-electron chi connectivity index (χ1n) is 5.54. The molecule has 6 heteroatoms. The number of hydrogen-bond donors (Lipinski definition) is 1. The van der Waals surface area contributed by atoms with Crippen molar-refractivity contribution < 1.29 is 69.5 Å². The largest absolute Gasteiger partial charge is 1.00 e. The molecule has 16 heavy (non-hydrogen) atoms. The minimum absolute atomic E-state index is 0. The fraction of sp³-hybridized carbons (Fsp3) is 1.00. The molecular formula is C10H21KO4S. The molecule has 92 valence electrons. The molecule has 0 aliphatic rings. The van der Waals surface area contributed by atoms with Crippen LogP contribution < -0.4 is 51.4 Å². The van der Waals surface area contributed by atoms with E-state index in [4.69, 9.17) is 5.11 Å². The first-order valence-corrected chi connectivity index (χ1v) is 7.01. The Kier molecular flexibility index (Phi) is 14.4. The fourth-order valence-corrected chi connectivity index (χ4v) is 1.85. The van der Waals surface area contributed by atoms with Crippen molar-refractivity contribution in [1.82, 2.24) is 0 Å². The van der Waals surface area contributed by atoms with Crippen LogP contribution in [0.5, 0.6) is 0 Å². The van der Waals surface area contributed by atoms with Gasteiger partial charge in [0, 0.05) is 11.9 Å². The summed E-state index contributed by atoms with van der Waals surface area (Å²) >= 11 is 0. The molecular weight excluding hydrogens is 255 g/mol. The zero-order valence-electron chi connectivity index (χ0n) is 10.3. The van der Waals surface area contributed by atoms with Gasteiger partial charge in [0.1, 0.15) is 0 Å². The second kappa shape index (κ2) is 11.6. The van der Waals surface area contributed by atoms with Crippen LogP contribution >= 0.6 is 0 Å². The summed E-state index contributed by atoms with van der Waals surface area (Å²) in [5.41, 5.74) is 0. The topological polar surface area (TPSA) is 77.4 Å². The van der Waals surface area contributed by atoms with E-state index in [1.807, 2.05) is 0 Å². The van der Waals surface area contributed by atoms with E-state index >= 15 is 0 Å². The van der Waals surface area contributed by atoms with Gasteiger partial charge in [-0.05, 0) is 19.8 Å². The first kappa shape index (κ1) is 19.8. The summed E-state index contributed by atoms with van der Waals surface area (Å²) in [5.74, 6) is 0. The Bertz CT molecular complexity index is 241. The van der Waals surface area contributed by atoms with Gasteiger partial charge < -0.3 is 9.66 Å². The summed E-state index contributed by atoms with van der Waals surface area (Å²) in [4.78, 5) is 0. The van der Waals surface area contributed by atoms with Gasteiger partial charge in [0.15, 0.2) is 0 Å². The summed E-state index contributed by atoms with van der Waals surface area (Å²) in [7, 11) is -4.09. The van der Waals surface area contributed by atoms with E-state index in [2.05, 4.69) is 0 Å². The van der Waals surface area contributed by atoms with E-state index in [0.717, 1.165) is 38.5 Å². The molecule has 0 fully saturated rings. The van der Waals surface area contributed by atoms with E-state index in [0.29, 0.717) is 6.42 Å². The van der Waals surface area contributed by atoms with E-state index in [1.165, 1.54) is 6.92 Å². The van der Waals surface area contributed by atoms with Gasteiger partial charge in [0.2, 0.25) is 0 Å². The van der Waals surface area contributed by atoms with Gasteiger partial charge in [-0.3, -0.25) is 0 Å². The van der Waals surface area contributed by atoms with Crippen LogP contribution in [0.15, 0.2) is 0 Å². The van der Waals surface area contributed by atoms with E-state index in [-0.39, 0.29) is 58.0 Å². The van der Waals surface area contributed by atoms with Gasteiger partial charge in [0.05, 0.1) is 10.1 Å². The molecule has 1 unspecified atom stereocenters. The van der Waals surface area contributed by atoms with Crippen LogP contribution in [0, 0.1) is 0 Å². The molecule has 1 atom stereocenters. The summed E-state index contributed by atoms with van der Waals surface area (Å²) in [6.45, 7) is 1.71. The molecule has 0 aliphatic heterocycles. The van der Waals surface area contributed by atoms with Gasteiger partial charge in [0.25, 0.3) is 0 Å². The standard InChI is InChI=1S/C10H22O4S.K/c1-10(15(12,13)14)8-6-4-2-3-5-7-9-11;/h10-11H,2-9H2,1H3,(H,12,13,14);/q;+1/p-1. The molecule has 0 aromatic carbocycles. The second-order valence-electron chi connectivity index (χ2n) is 3.94. The van der Waals surface area contributed by atoms with Gasteiger partial charge in [-0.2, -0.15) is 0 Å². The summed E-state index contributed by atoms with van der Waals surface area (Å²) in [6.07, 6.45) is 6.20. The van der Waals surface area contributed by atoms with Crippen molar-refractivity contribution in [2.24, 2.45) is 0 Å². The molecule has 0 heterocycles. The fourth-order valence-electron chi connectivity index (χ4n) is 1.40. The number of aliphatic hydroxyl groups is 1. The van der Waals surface area contributed by atoms with Crippen LogP contribution in [0.3, 0.4) is 0 Å². The van der Waals surface area contributed by atoms with Crippen LogP contribution in [0.25, 0.3) is 0 Å². The summed E-state index contributed by atoms with van der Waals surface area (Å²) < 4.78 is 31.7. The van der Waals surface area contributed by atoms with Crippen molar-refractivity contribution in [3.05, 3.63) is 0 Å². The van der Waals surface area contributed by atoms with Crippen LogP contribution in [0.4, 0.5) is 0 Å². The molecule has 4 nitrogen and oxygen atoms in total. The van der Waals surface area contributed by atoms with E-state index in [1.54, 1.807) is 0 Å². The molecule has 0 spiro atoms. The number of unbranched alkanes of at least 4 members (excludes halogenated alkanes) is 5. The quantitative estimate of drug-likeness (QED) is 0.321. The summed E-state index contributed by atoms with van der Waals surface area (Å²) in [6, 6.07) is 0. The molecule has 0 saturated carbocycles. The SMILES string of the molecule is CC(CCCCCCCCO)S(=O)(=O)[O-].[K+]. The number of rotatable bonds is 9. The first-order chi connectivity index (χ1) is 6.98. The zero-order chi connectivity index (χ0) is 11.7. The molecule has 0 aromatic rings. The van der Waals surface area contributed by atoms with Crippen molar-refractivity contribution in [1.29, 1.82) is 0 Å². The number of aliphatic hydroxyl groups excluding tert-OH is 1. The predicted molar refractivity (Wildman–Crippen MR) is 58.6 cm³/mol. The Balaban J connectivity index is 0. The summed E-state index contributed by atoms with van der Waals surface area (Å²) in [5, 5.41) is 7.78. The van der Waals surface area contributed by atoms with Crippen molar-refractivity contribution in [2.75, 3.05) is 6.61 Å². The predicted octanol–water partition coefficient (Wildman–Crippen LogP) is -1.35. The molecule has 0 saturated heterocycles. The van der Waals surface area contributed by atoms with Crippen LogP contribution in [0.1, 0.15) is 51.9 Å². The van der Waals surface area contributed by atoms with Gasteiger partial charge in [-0.25, -0.2) is 8.42 Å². The van der Waals surface area contributed by atoms with Crippen molar-refractivity contribution >= 4 is 10.1 Å². The third kappa shape index (κ3) is 12.0. The molecule has 1 N–H and O–H groups in total. The maximum absolute atomic E-state index is 10.6. The molecule has 0 rings (SSSR count). The maximum Gasteiger partial charge on any atom is 1.00 e. The minimum atomic E-state index is -4.09. The Labute approximate surface area is 141 Å². The van der Waals surface area contributed by atoms with Gasteiger partial charge in [-0.15, -0.1) is 0 Å². The molecule has 0 radical (unpaired) electrons. The van der Waals surface area contributed by atoms with Crippen LogP contribution in [0.2, 0.25) is 0 Å². The monoisotopic (exact) mass is 276 g/mol.